The van der Waals surface area contributed by atoms with Crippen molar-refractivity contribution in [3.63, 3.8) is 0 Å². The van der Waals surface area contributed by atoms with Crippen LogP contribution in [0.2, 0.25) is 0 Å². The molecule has 2 aromatic heterocycles. The Morgan fingerprint density at radius 3 is 2.90 bits per heavy atom. The highest BCUT2D eigenvalue weighted by Gasteiger charge is 2.34. The fraction of sp³-hybridized carbons (Fsp3) is 0.375. The highest BCUT2D eigenvalue weighted by Crippen LogP contribution is 2.27. The quantitative estimate of drug-likeness (QED) is 0.661. The maximum atomic E-state index is 12.8. The molecule has 30 heavy (non-hydrogen) atoms. The summed E-state index contributed by atoms with van der Waals surface area (Å²) in [5, 5.41) is 4.28. The third-order valence-corrected chi connectivity index (χ3v) is 5.99. The molecule has 2 amide bonds. The van der Waals surface area contributed by atoms with E-state index in [4.69, 9.17) is 0 Å². The summed E-state index contributed by atoms with van der Waals surface area (Å²) in [5.41, 5.74) is 6.83. The van der Waals surface area contributed by atoms with E-state index in [0.717, 1.165) is 23.1 Å². The number of nitrogens with one attached hydrogen (secondary N) is 2. The van der Waals surface area contributed by atoms with Crippen molar-refractivity contribution in [2.45, 2.75) is 46.7 Å². The first-order valence-electron chi connectivity index (χ1n) is 10.5. The Morgan fingerprint density at radius 2 is 2.17 bits per heavy atom. The minimum Gasteiger partial charge on any atom is -0.358 e. The van der Waals surface area contributed by atoms with Crippen LogP contribution in [0.4, 0.5) is 0 Å². The van der Waals surface area contributed by atoms with Gasteiger partial charge in [0.1, 0.15) is 0 Å². The Morgan fingerprint density at radius 1 is 1.33 bits per heavy atom. The number of aryl methyl sites for hydroxylation is 3. The number of rotatable bonds is 6. The number of aromatic nitrogens is 2. The number of carbonyl (C=O) groups excluding carboxylic acids is 2. The van der Waals surface area contributed by atoms with Crippen molar-refractivity contribution in [1.29, 1.82) is 0 Å². The highest BCUT2D eigenvalue weighted by molar-refractivity contribution is 5.90. The third-order valence-electron chi connectivity index (χ3n) is 5.99. The summed E-state index contributed by atoms with van der Waals surface area (Å²) in [5.74, 6) is -0.360. The van der Waals surface area contributed by atoms with E-state index in [-0.39, 0.29) is 24.2 Å². The number of likely N-dealkylation sites (tertiary alicyclic amines) is 1. The first-order valence-corrected chi connectivity index (χ1v) is 10.5. The number of hydrogen-bond acceptors (Lipinski definition) is 3. The Balaban J connectivity index is 1.43. The lowest BCUT2D eigenvalue weighted by molar-refractivity contribution is -0.129. The molecule has 0 radical (unpaired) electrons. The van der Waals surface area contributed by atoms with E-state index in [1.807, 2.05) is 12.1 Å². The van der Waals surface area contributed by atoms with E-state index in [9.17, 15) is 9.59 Å². The summed E-state index contributed by atoms with van der Waals surface area (Å²) in [7, 11) is 0. The van der Waals surface area contributed by atoms with Gasteiger partial charge in [-0.05, 0) is 49.1 Å². The fourth-order valence-corrected chi connectivity index (χ4v) is 4.34. The molecule has 1 aliphatic rings. The average molecular weight is 405 g/mol. The number of hydrogen-bond donors (Lipinski definition) is 2. The molecule has 1 aliphatic heterocycles. The molecule has 0 aliphatic carbocycles. The Kier molecular flexibility index (Phi) is 5.57. The number of nitrogens with zero attached hydrogens (tertiary/aromatic N) is 2. The second-order valence-electron chi connectivity index (χ2n) is 8.18. The van der Waals surface area contributed by atoms with Crippen LogP contribution in [-0.2, 0) is 29.1 Å². The van der Waals surface area contributed by atoms with Crippen LogP contribution in [0, 0.1) is 19.8 Å². The molecule has 1 atom stereocenters. The average Bonchev–Trinajstić information content (AvgIpc) is 3.26. The van der Waals surface area contributed by atoms with E-state index in [1.165, 1.54) is 22.2 Å². The molecule has 1 fully saturated rings. The lowest BCUT2D eigenvalue weighted by Crippen LogP contribution is -2.32. The smallest absolute Gasteiger partial charge is 0.225 e. The van der Waals surface area contributed by atoms with E-state index in [1.54, 1.807) is 17.3 Å². The van der Waals surface area contributed by atoms with Crippen molar-refractivity contribution in [2.75, 3.05) is 6.54 Å². The Hall–Kier alpha value is -3.15. The van der Waals surface area contributed by atoms with Gasteiger partial charge in [0.25, 0.3) is 0 Å². The molecule has 0 spiro atoms. The molecule has 1 aromatic carbocycles. The van der Waals surface area contributed by atoms with Gasteiger partial charge in [-0.25, -0.2) is 0 Å². The number of carbonyl (C=O) groups is 2. The molecule has 3 heterocycles. The monoisotopic (exact) mass is 404 g/mol. The van der Waals surface area contributed by atoms with Crippen LogP contribution in [-0.4, -0.2) is 33.2 Å². The van der Waals surface area contributed by atoms with E-state index >= 15 is 0 Å². The van der Waals surface area contributed by atoms with Crippen LogP contribution in [0.15, 0.2) is 36.7 Å². The SMILES string of the molecule is CCc1[nH]c2c(CNC(=O)C3CC(=O)N(Cc4cccnc4)C3)cc(C)cc2c1C. The number of aromatic amines is 1. The first kappa shape index (κ1) is 20.1. The van der Waals surface area contributed by atoms with Gasteiger partial charge in [-0.3, -0.25) is 14.6 Å². The van der Waals surface area contributed by atoms with Gasteiger partial charge < -0.3 is 15.2 Å². The minimum atomic E-state index is -0.314. The number of benzene rings is 1. The summed E-state index contributed by atoms with van der Waals surface area (Å²) in [6, 6.07) is 8.11. The lowest BCUT2D eigenvalue weighted by Gasteiger charge is -2.16. The highest BCUT2D eigenvalue weighted by atomic mass is 16.2. The summed E-state index contributed by atoms with van der Waals surface area (Å²) >= 11 is 0. The minimum absolute atomic E-state index is 0.0181. The zero-order valence-corrected chi connectivity index (χ0v) is 17.8. The maximum Gasteiger partial charge on any atom is 0.225 e. The summed E-state index contributed by atoms with van der Waals surface area (Å²) in [6.07, 6.45) is 4.68. The lowest BCUT2D eigenvalue weighted by atomic mass is 10.0. The molecule has 156 valence electrons. The van der Waals surface area contributed by atoms with Gasteiger partial charge in [-0.15, -0.1) is 0 Å². The zero-order valence-electron chi connectivity index (χ0n) is 17.8. The van der Waals surface area contributed by atoms with E-state index < -0.39 is 0 Å². The first-order chi connectivity index (χ1) is 14.5. The topological polar surface area (TPSA) is 78.1 Å². The van der Waals surface area contributed by atoms with Crippen LogP contribution < -0.4 is 5.32 Å². The van der Waals surface area contributed by atoms with Gasteiger partial charge in [0, 0.05) is 49.5 Å². The standard InChI is InChI=1S/C24H28N4O2/c1-4-21-16(3)20-9-15(2)8-18(23(20)27-21)12-26-24(30)19-10-22(29)28(14-19)13-17-6-5-7-25-11-17/h5-9,11,19,27H,4,10,12-14H2,1-3H3,(H,26,30). The van der Waals surface area contributed by atoms with Gasteiger partial charge in [0.2, 0.25) is 11.8 Å². The number of fused-ring (bicyclic) bond motifs is 1. The predicted molar refractivity (Wildman–Crippen MR) is 117 cm³/mol. The van der Waals surface area contributed by atoms with Crippen molar-refractivity contribution in [2.24, 2.45) is 5.92 Å². The summed E-state index contributed by atoms with van der Waals surface area (Å²) in [6.45, 7) is 7.75. The van der Waals surface area contributed by atoms with E-state index in [0.29, 0.717) is 19.6 Å². The number of pyridine rings is 1. The predicted octanol–water partition coefficient (Wildman–Crippen LogP) is 3.41. The zero-order chi connectivity index (χ0) is 21.3. The molecule has 1 unspecified atom stereocenters. The van der Waals surface area contributed by atoms with Crippen LogP contribution in [0.1, 0.15) is 41.3 Å². The molecule has 3 aromatic rings. The molecule has 6 heteroatoms. The Labute approximate surface area is 176 Å². The third kappa shape index (κ3) is 3.95. The summed E-state index contributed by atoms with van der Waals surface area (Å²) in [4.78, 5) is 34.5. The largest absolute Gasteiger partial charge is 0.358 e. The van der Waals surface area contributed by atoms with Crippen LogP contribution in [0.25, 0.3) is 10.9 Å². The van der Waals surface area contributed by atoms with Gasteiger partial charge >= 0.3 is 0 Å². The molecule has 6 nitrogen and oxygen atoms in total. The van der Waals surface area contributed by atoms with Crippen LogP contribution >= 0.6 is 0 Å². The Bertz CT molecular complexity index is 1090. The molecular weight excluding hydrogens is 376 g/mol. The fourth-order valence-electron chi connectivity index (χ4n) is 4.34. The van der Waals surface area contributed by atoms with Crippen molar-refractivity contribution in [3.05, 3.63) is 64.6 Å². The number of amides is 2. The molecule has 0 saturated carbocycles. The molecule has 1 saturated heterocycles. The van der Waals surface area contributed by atoms with Gasteiger partial charge in [0.05, 0.1) is 11.4 Å². The van der Waals surface area contributed by atoms with Crippen molar-refractivity contribution in [3.8, 4) is 0 Å². The summed E-state index contributed by atoms with van der Waals surface area (Å²) < 4.78 is 0. The second kappa shape index (κ2) is 8.30. The second-order valence-corrected chi connectivity index (χ2v) is 8.18. The van der Waals surface area contributed by atoms with Gasteiger partial charge in [0.15, 0.2) is 0 Å². The maximum absolute atomic E-state index is 12.8. The molecule has 2 N–H and O–H groups in total. The normalized spacial score (nSPS) is 16.4. The van der Waals surface area contributed by atoms with Crippen LogP contribution in [0.3, 0.4) is 0 Å². The van der Waals surface area contributed by atoms with Gasteiger partial charge in [-0.2, -0.15) is 0 Å². The van der Waals surface area contributed by atoms with Gasteiger partial charge in [-0.1, -0.05) is 24.6 Å². The van der Waals surface area contributed by atoms with Crippen molar-refractivity contribution < 1.29 is 9.59 Å². The number of H-pyrrole nitrogens is 1. The molecular formula is C24H28N4O2. The van der Waals surface area contributed by atoms with E-state index in [2.05, 4.69) is 48.2 Å². The van der Waals surface area contributed by atoms with Crippen LogP contribution in [0.5, 0.6) is 0 Å². The van der Waals surface area contributed by atoms with Crippen molar-refractivity contribution in [1.82, 2.24) is 20.2 Å². The molecule has 4 rings (SSSR count). The molecule has 0 bridgehead atoms. The van der Waals surface area contributed by atoms with Crippen molar-refractivity contribution >= 4 is 22.7 Å².